The predicted octanol–water partition coefficient (Wildman–Crippen LogP) is 0.888. The minimum absolute atomic E-state index is 0.0543. The third kappa shape index (κ3) is 4.49. The van der Waals surface area contributed by atoms with E-state index in [4.69, 9.17) is 4.52 Å². The van der Waals surface area contributed by atoms with Crippen molar-refractivity contribution >= 4 is 11.8 Å². The van der Waals surface area contributed by atoms with E-state index in [9.17, 15) is 9.59 Å². The van der Waals surface area contributed by atoms with Crippen molar-refractivity contribution < 1.29 is 14.1 Å². The molecule has 0 unspecified atom stereocenters. The third-order valence-corrected chi connectivity index (χ3v) is 4.59. The molecule has 2 heterocycles. The minimum atomic E-state index is -0.274. The summed E-state index contributed by atoms with van der Waals surface area (Å²) in [4.78, 5) is 26.8. The highest BCUT2D eigenvalue weighted by Gasteiger charge is 2.38. The van der Waals surface area contributed by atoms with Gasteiger partial charge in [0.15, 0.2) is 0 Å². The molecule has 0 saturated carbocycles. The molecule has 1 aromatic heterocycles. The zero-order valence-corrected chi connectivity index (χ0v) is 15.1. The molecule has 1 aromatic carbocycles. The summed E-state index contributed by atoms with van der Waals surface area (Å²) >= 11 is 0. The summed E-state index contributed by atoms with van der Waals surface area (Å²) < 4.78 is 5.09. The van der Waals surface area contributed by atoms with Crippen molar-refractivity contribution in [1.29, 1.82) is 0 Å². The number of carbonyl (C=O) groups is 2. The third-order valence-electron chi connectivity index (χ3n) is 4.59. The molecule has 0 bridgehead atoms. The largest absolute Gasteiger partial charge is 0.361 e. The highest BCUT2D eigenvalue weighted by Crippen LogP contribution is 2.20. The van der Waals surface area contributed by atoms with Gasteiger partial charge in [-0.05, 0) is 12.5 Å². The van der Waals surface area contributed by atoms with Crippen LogP contribution in [-0.2, 0) is 22.6 Å². The number of amides is 2. The average molecular weight is 356 g/mol. The first-order valence-electron chi connectivity index (χ1n) is 8.74. The fraction of sp³-hybridized carbons (Fsp3) is 0.421. The molecular formula is C19H24N4O3. The molecule has 0 radical (unpaired) electrons. The molecule has 3 rings (SSSR count). The summed E-state index contributed by atoms with van der Waals surface area (Å²) in [6.07, 6.45) is 0.122. The minimum Gasteiger partial charge on any atom is -0.361 e. The van der Waals surface area contributed by atoms with Gasteiger partial charge in [-0.1, -0.05) is 35.5 Å². The van der Waals surface area contributed by atoms with E-state index in [1.165, 1.54) is 5.56 Å². The number of nitrogens with zero attached hydrogens (tertiary/aromatic N) is 2. The molecule has 2 amide bonds. The smallest absolute Gasteiger partial charge is 0.228 e. The maximum atomic E-state index is 12.4. The van der Waals surface area contributed by atoms with Gasteiger partial charge < -0.3 is 15.2 Å². The first-order valence-corrected chi connectivity index (χ1v) is 8.74. The van der Waals surface area contributed by atoms with E-state index >= 15 is 0 Å². The van der Waals surface area contributed by atoms with Crippen LogP contribution in [-0.4, -0.2) is 48.0 Å². The normalized spacial score (nSPS) is 20.1. The molecule has 7 nitrogen and oxygen atoms in total. The Kier molecular flexibility index (Phi) is 5.68. The molecule has 2 atom stereocenters. The molecule has 7 heteroatoms. The Morgan fingerprint density at radius 1 is 1.27 bits per heavy atom. The summed E-state index contributed by atoms with van der Waals surface area (Å²) in [5.41, 5.74) is 1.93. The highest BCUT2D eigenvalue weighted by atomic mass is 16.5. The summed E-state index contributed by atoms with van der Waals surface area (Å²) in [7, 11) is 1.62. The number of hydrogen-bond acceptors (Lipinski definition) is 5. The van der Waals surface area contributed by atoms with E-state index in [2.05, 4.69) is 32.8 Å². The molecule has 138 valence electrons. The van der Waals surface area contributed by atoms with Crippen molar-refractivity contribution in [3.8, 4) is 0 Å². The van der Waals surface area contributed by atoms with Crippen LogP contribution in [0.2, 0.25) is 0 Å². The number of likely N-dealkylation sites (tertiary alicyclic amines) is 1. The van der Waals surface area contributed by atoms with Gasteiger partial charge in [0.2, 0.25) is 11.8 Å². The van der Waals surface area contributed by atoms with Crippen LogP contribution in [0.3, 0.4) is 0 Å². The molecule has 2 N–H and O–H groups in total. The van der Waals surface area contributed by atoms with E-state index in [1.54, 1.807) is 13.1 Å². The standard InChI is InChI=1S/C19H24N4O3/c1-13-8-15(26-22-13)9-18(24)21-17-12-23(11-16(17)19(25)20-2)10-14-6-4-3-5-7-14/h3-8,16-17H,9-12H2,1-2H3,(H,20,25)(H,21,24)/t16-,17-/m0/s1. The lowest BCUT2D eigenvalue weighted by Crippen LogP contribution is -2.46. The summed E-state index contributed by atoms with van der Waals surface area (Å²) in [6, 6.07) is 11.6. The fourth-order valence-electron chi connectivity index (χ4n) is 3.37. The summed E-state index contributed by atoms with van der Waals surface area (Å²) in [6.45, 7) is 3.81. The molecule has 1 aliphatic rings. The topological polar surface area (TPSA) is 87.5 Å². The van der Waals surface area contributed by atoms with Gasteiger partial charge in [-0.15, -0.1) is 0 Å². The van der Waals surface area contributed by atoms with Gasteiger partial charge in [-0.2, -0.15) is 0 Å². The van der Waals surface area contributed by atoms with Crippen LogP contribution >= 0.6 is 0 Å². The Bertz CT molecular complexity index is 759. The van der Waals surface area contributed by atoms with Crippen LogP contribution in [0.1, 0.15) is 17.0 Å². The van der Waals surface area contributed by atoms with Crippen molar-refractivity contribution in [1.82, 2.24) is 20.7 Å². The Labute approximate surface area is 152 Å². The molecule has 1 saturated heterocycles. The second-order valence-electron chi connectivity index (χ2n) is 6.69. The SMILES string of the molecule is CNC(=O)[C@H]1CN(Cc2ccccc2)C[C@@H]1NC(=O)Cc1cc(C)no1. The second-order valence-corrected chi connectivity index (χ2v) is 6.69. The van der Waals surface area contributed by atoms with Crippen LogP contribution < -0.4 is 10.6 Å². The Morgan fingerprint density at radius 3 is 2.69 bits per heavy atom. The molecule has 26 heavy (non-hydrogen) atoms. The fourth-order valence-corrected chi connectivity index (χ4v) is 3.37. The van der Waals surface area contributed by atoms with Crippen LogP contribution in [0.25, 0.3) is 0 Å². The zero-order chi connectivity index (χ0) is 18.5. The number of benzene rings is 1. The van der Waals surface area contributed by atoms with Gasteiger partial charge in [0.25, 0.3) is 0 Å². The Balaban J connectivity index is 1.63. The lowest BCUT2D eigenvalue weighted by atomic mass is 10.0. The molecule has 0 spiro atoms. The lowest BCUT2D eigenvalue weighted by Gasteiger charge is -2.18. The van der Waals surface area contributed by atoms with Crippen LogP contribution in [0.4, 0.5) is 0 Å². The molecular weight excluding hydrogens is 332 g/mol. The number of rotatable bonds is 6. The molecule has 0 aliphatic carbocycles. The van der Waals surface area contributed by atoms with Crippen LogP contribution in [0.5, 0.6) is 0 Å². The van der Waals surface area contributed by atoms with Crippen molar-refractivity contribution in [3.63, 3.8) is 0 Å². The first kappa shape index (κ1) is 18.1. The van der Waals surface area contributed by atoms with Crippen LogP contribution in [0, 0.1) is 12.8 Å². The lowest BCUT2D eigenvalue weighted by molar-refractivity contribution is -0.125. The predicted molar refractivity (Wildman–Crippen MR) is 96.2 cm³/mol. The summed E-state index contributed by atoms with van der Waals surface area (Å²) in [5.74, 6) is 0.0303. The van der Waals surface area contributed by atoms with Crippen LogP contribution in [0.15, 0.2) is 40.9 Å². The maximum absolute atomic E-state index is 12.4. The maximum Gasteiger partial charge on any atom is 0.228 e. The molecule has 2 aromatic rings. The monoisotopic (exact) mass is 356 g/mol. The van der Waals surface area contributed by atoms with Gasteiger partial charge >= 0.3 is 0 Å². The number of hydrogen-bond donors (Lipinski definition) is 2. The second kappa shape index (κ2) is 8.14. The van der Waals surface area contributed by atoms with Gasteiger partial charge in [-0.25, -0.2) is 0 Å². The summed E-state index contributed by atoms with van der Waals surface area (Å²) in [5, 5.41) is 9.48. The van der Waals surface area contributed by atoms with Crippen molar-refractivity contribution in [2.75, 3.05) is 20.1 Å². The number of nitrogens with one attached hydrogen (secondary N) is 2. The average Bonchev–Trinajstić information content (AvgIpc) is 3.21. The van der Waals surface area contributed by atoms with E-state index in [-0.39, 0.29) is 30.2 Å². The van der Waals surface area contributed by atoms with E-state index in [1.807, 2.05) is 25.1 Å². The van der Waals surface area contributed by atoms with Gasteiger partial charge in [0, 0.05) is 32.7 Å². The van der Waals surface area contributed by atoms with Gasteiger partial charge in [-0.3, -0.25) is 14.5 Å². The number of carbonyl (C=O) groups excluding carboxylic acids is 2. The van der Waals surface area contributed by atoms with Crippen molar-refractivity contribution in [2.24, 2.45) is 5.92 Å². The number of aromatic nitrogens is 1. The quantitative estimate of drug-likeness (QED) is 0.803. The van der Waals surface area contributed by atoms with E-state index < -0.39 is 0 Å². The zero-order valence-electron chi connectivity index (χ0n) is 15.1. The number of aryl methyl sites for hydroxylation is 1. The first-order chi connectivity index (χ1) is 12.5. The van der Waals surface area contributed by atoms with Crippen molar-refractivity contribution in [2.45, 2.75) is 25.9 Å². The van der Waals surface area contributed by atoms with Crippen molar-refractivity contribution in [3.05, 3.63) is 53.4 Å². The van der Waals surface area contributed by atoms with Gasteiger partial charge in [0.1, 0.15) is 5.76 Å². The Hall–Kier alpha value is -2.67. The van der Waals surface area contributed by atoms with E-state index in [0.29, 0.717) is 18.8 Å². The Morgan fingerprint density at radius 2 is 2.04 bits per heavy atom. The molecule has 1 aliphatic heterocycles. The van der Waals surface area contributed by atoms with E-state index in [0.717, 1.165) is 12.2 Å². The highest BCUT2D eigenvalue weighted by molar-refractivity contribution is 5.82. The van der Waals surface area contributed by atoms with Gasteiger partial charge in [0.05, 0.1) is 24.1 Å². The molecule has 1 fully saturated rings.